The topological polar surface area (TPSA) is 106 Å². The Labute approximate surface area is 151 Å². The molecular formula is C15H12F2N2O5S2. The monoisotopic (exact) mass is 402 g/mol. The van der Waals surface area contributed by atoms with Crippen molar-refractivity contribution in [1.82, 2.24) is 0 Å². The van der Waals surface area contributed by atoms with Gasteiger partial charge in [-0.25, -0.2) is 8.42 Å². The van der Waals surface area contributed by atoms with Gasteiger partial charge in [0, 0.05) is 28.8 Å². The summed E-state index contributed by atoms with van der Waals surface area (Å²) >= 11 is 0.226. The number of para-hydroxylation sites is 1. The normalized spacial score (nSPS) is 11.4. The quantitative estimate of drug-likeness (QED) is 0.450. The lowest BCUT2D eigenvalue weighted by Gasteiger charge is -2.11. The summed E-state index contributed by atoms with van der Waals surface area (Å²) in [5.41, 5.74) is -0.778. The van der Waals surface area contributed by atoms with Gasteiger partial charge in [-0.1, -0.05) is 23.9 Å². The fourth-order valence-electron chi connectivity index (χ4n) is 2.00. The van der Waals surface area contributed by atoms with Crippen molar-refractivity contribution in [3.05, 3.63) is 58.1 Å². The Bertz CT molecular complexity index is 964. The van der Waals surface area contributed by atoms with Crippen LogP contribution in [0.25, 0.3) is 0 Å². The van der Waals surface area contributed by atoms with E-state index in [0.717, 1.165) is 24.5 Å². The molecule has 2 rings (SSSR count). The van der Waals surface area contributed by atoms with Crippen LogP contribution < -0.4 is 5.32 Å². The predicted octanol–water partition coefficient (Wildman–Crippen LogP) is 3.57. The number of hydrogen-bond donors (Lipinski definition) is 1. The molecule has 0 aliphatic rings. The van der Waals surface area contributed by atoms with E-state index in [4.69, 9.17) is 0 Å². The summed E-state index contributed by atoms with van der Waals surface area (Å²) in [6.07, 6.45) is 0.850. The van der Waals surface area contributed by atoms with Crippen LogP contribution in [0.15, 0.2) is 52.3 Å². The molecule has 7 nitrogen and oxygen atoms in total. The molecule has 0 saturated heterocycles. The number of rotatable bonds is 6. The average molecular weight is 402 g/mol. The number of nitrogens with one attached hydrogen (secondary N) is 1. The van der Waals surface area contributed by atoms with E-state index in [1.54, 1.807) is 0 Å². The van der Waals surface area contributed by atoms with Crippen LogP contribution in [0.1, 0.15) is 10.4 Å². The lowest BCUT2D eigenvalue weighted by molar-refractivity contribution is -0.385. The van der Waals surface area contributed by atoms with Gasteiger partial charge in [0.2, 0.25) is 0 Å². The maximum Gasteiger partial charge on any atom is 0.288 e. The minimum atomic E-state index is -3.80. The number of halogens is 2. The Morgan fingerprint density at radius 1 is 1.23 bits per heavy atom. The van der Waals surface area contributed by atoms with Crippen molar-refractivity contribution < 1.29 is 26.9 Å². The third kappa shape index (κ3) is 4.99. The highest BCUT2D eigenvalue weighted by molar-refractivity contribution is 7.99. The zero-order chi connectivity index (χ0) is 19.5. The average Bonchev–Trinajstić information content (AvgIpc) is 2.54. The van der Waals surface area contributed by atoms with E-state index in [9.17, 15) is 32.1 Å². The van der Waals surface area contributed by atoms with Crippen LogP contribution >= 0.6 is 11.8 Å². The Kier molecular flexibility index (Phi) is 5.93. The van der Waals surface area contributed by atoms with E-state index in [1.807, 2.05) is 0 Å². The van der Waals surface area contributed by atoms with E-state index in [-0.39, 0.29) is 27.9 Å². The smallest absolute Gasteiger partial charge is 0.288 e. The first-order valence-corrected chi connectivity index (χ1v) is 9.70. The maximum atomic E-state index is 12.6. The summed E-state index contributed by atoms with van der Waals surface area (Å²) in [7, 11) is -3.80. The molecule has 0 heterocycles. The second kappa shape index (κ2) is 7.79. The van der Waals surface area contributed by atoms with Crippen LogP contribution in [-0.2, 0) is 9.84 Å². The van der Waals surface area contributed by atoms with Crippen molar-refractivity contribution in [2.75, 3.05) is 11.6 Å². The molecule has 2 aromatic carbocycles. The number of thioether (sulfide) groups is 1. The number of nitrogens with zero attached hydrogens (tertiary/aromatic N) is 1. The van der Waals surface area contributed by atoms with Crippen LogP contribution in [0.3, 0.4) is 0 Å². The fourth-order valence-corrected chi connectivity index (χ4v) is 3.27. The van der Waals surface area contributed by atoms with Crippen molar-refractivity contribution in [3.63, 3.8) is 0 Å². The highest BCUT2D eigenvalue weighted by atomic mass is 32.2. The molecule has 0 fully saturated rings. The number of nitro groups is 1. The van der Waals surface area contributed by atoms with Gasteiger partial charge in [0.1, 0.15) is 0 Å². The van der Waals surface area contributed by atoms with E-state index >= 15 is 0 Å². The predicted molar refractivity (Wildman–Crippen MR) is 92.5 cm³/mol. The second-order valence-corrected chi connectivity index (χ2v) is 8.12. The number of carbonyl (C=O) groups is 1. The van der Waals surface area contributed by atoms with Gasteiger partial charge in [0.05, 0.1) is 15.5 Å². The highest BCUT2D eigenvalue weighted by Gasteiger charge is 2.20. The van der Waals surface area contributed by atoms with Gasteiger partial charge in [-0.05, 0) is 18.2 Å². The minimum Gasteiger partial charge on any atom is -0.321 e. The summed E-state index contributed by atoms with van der Waals surface area (Å²) in [4.78, 5) is 22.2. The highest BCUT2D eigenvalue weighted by Crippen LogP contribution is 2.32. The minimum absolute atomic E-state index is 0.0789. The van der Waals surface area contributed by atoms with Gasteiger partial charge < -0.3 is 5.32 Å². The van der Waals surface area contributed by atoms with Crippen molar-refractivity contribution in [2.45, 2.75) is 15.5 Å². The molecule has 1 N–H and O–H groups in total. The molecular weight excluding hydrogens is 390 g/mol. The number of hydrogen-bond acceptors (Lipinski definition) is 6. The Morgan fingerprint density at radius 2 is 1.88 bits per heavy atom. The van der Waals surface area contributed by atoms with Crippen molar-refractivity contribution in [3.8, 4) is 0 Å². The Morgan fingerprint density at radius 3 is 2.46 bits per heavy atom. The summed E-state index contributed by atoms with van der Waals surface area (Å²) in [6.45, 7) is 0. The van der Waals surface area contributed by atoms with Crippen LogP contribution in [0, 0.1) is 10.1 Å². The number of non-ortho nitro benzene ring substituents is 1. The molecule has 0 bridgehead atoms. The maximum absolute atomic E-state index is 12.6. The van der Waals surface area contributed by atoms with Gasteiger partial charge in [-0.2, -0.15) is 8.78 Å². The lowest BCUT2D eigenvalue weighted by Crippen LogP contribution is -2.14. The molecule has 0 saturated carbocycles. The van der Waals surface area contributed by atoms with Gasteiger partial charge >= 0.3 is 0 Å². The zero-order valence-corrected chi connectivity index (χ0v) is 14.8. The van der Waals surface area contributed by atoms with Crippen molar-refractivity contribution in [1.29, 1.82) is 0 Å². The molecule has 26 heavy (non-hydrogen) atoms. The molecule has 138 valence electrons. The summed E-state index contributed by atoms with van der Waals surface area (Å²) in [5.74, 6) is -3.57. The molecule has 0 aliphatic heterocycles. The van der Waals surface area contributed by atoms with E-state index < -0.39 is 37.0 Å². The number of alkyl halides is 2. The summed E-state index contributed by atoms with van der Waals surface area (Å²) in [5, 5.41) is 13.3. The molecule has 0 spiro atoms. The number of anilines is 1. The Balaban J connectivity index is 2.42. The van der Waals surface area contributed by atoms with Gasteiger partial charge in [0.15, 0.2) is 9.84 Å². The summed E-state index contributed by atoms with van der Waals surface area (Å²) in [6, 6.07) is 8.52. The molecule has 0 aromatic heterocycles. The van der Waals surface area contributed by atoms with Gasteiger partial charge in [0.25, 0.3) is 17.4 Å². The van der Waals surface area contributed by atoms with E-state index in [0.29, 0.717) is 0 Å². The SMILES string of the molecule is CS(=O)(=O)c1cc(C(=O)Nc2ccccc2SC(F)F)cc([N+](=O)[O-])c1. The molecule has 0 unspecified atom stereocenters. The zero-order valence-electron chi connectivity index (χ0n) is 13.2. The first-order valence-electron chi connectivity index (χ1n) is 6.92. The first-order chi connectivity index (χ1) is 12.1. The molecule has 0 atom stereocenters. The van der Waals surface area contributed by atoms with E-state index in [1.165, 1.54) is 24.3 Å². The first kappa shape index (κ1) is 19.8. The number of sulfone groups is 1. The fraction of sp³-hybridized carbons (Fsp3) is 0.133. The second-order valence-electron chi connectivity index (χ2n) is 5.07. The Hall–Kier alpha value is -2.53. The largest absolute Gasteiger partial charge is 0.321 e. The van der Waals surface area contributed by atoms with Crippen LogP contribution in [0.2, 0.25) is 0 Å². The number of benzene rings is 2. The number of nitro benzene ring substituents is 1. The summed E-state index contributed by atoms with van der Waals surface area (Å²) < 4.78 is 48.5. The van der Waals surface area contributed by atoms with E-state index in [2.05, 4.69) is 5.32 Å². The molecule has 0 aliphatic carbocycles. The lowest BCUT2D eigenvalue weighted by atomic mass is 10.2. The van der Waals surface area contributed by atoms with Crippen LogP contribution in [0.4, 0.5) is 20.2 Å². The molecule has 0 radical (unpaired) electrons. The number of carbonyl (C=O) groups excluding carboxylic acids is 1. The molecule has 2 aromatic rings. The number of amides is 1. The third-order valence-corrected chi connectivity index (χ3v) is 5.02. The molecule has 11 heteroatoms. The van der Waals surface area contributed by atoms with Gasteiger partial charge in [-0.3, -0.25) is 14.9 Å². The molecule has 1 amide bonds. The van der Waals surface area contributed by atoms with Crippen LogP contribution in [-0.4, -0.2) is 31.3 Å². The van der Waals surface area contributed by atoms with Crippen molar-refractivity contribution in [2.24, 2.45) is 0 Å². The standard InChI is InChI=1S/C15H12F2N2O5S2/c1-26(23,24)11-7-9(6-10(8-11)19(21)22)14(20)18-12-4-2-3-5-13(12)25-15(16)17/h2-8,15H,1H3,(H,18,20). The third-order valence-electron chi connectivity index (χ3n) is 3.14. The van der Waals surface area contributed by atoms with Gasteiger partial charge in [-0.15, -0.1) is 0 Å². The van der Waals surface area contributed by atoms with Crippen LogP contribution in [0.5, 0.6) is 0 Å². The van der Waals surface area contributed by atoms with Crippen molar-refractivity contribution >= 4 is 38.9 Å².